The van der Waals surface area contributed by atoms with Gasteiger partial charge in [-0.05, 0) is 67.2 Å². The van der Waals surface area contributed by atoms with Gasteiger partial charge in [0.2, 0.25) is 0 Å². The van der Waals surface area contributed by atoms with Crippen molar-refractivity contribution in [3.05, 3.63) is 72.7 Å². The van der Waals surface area contributed by atoms with E-state index in [4.69, 9.17) is 4.74 Å². The normalized spacial score (nSPS) is 15.3. The highest BCUT2D eigenvalue weighted by Crippen LogP contribution is 2.29. The largest absolute Gasteiger partial charge is 0.492 e. The van der Waals surface area contributed by atoms with Gasteiger partial charge in [-0.1, -0.05) is 44.5 Å². The Morgan fingerprint density at radius 2 is 1.76 bits per heavy atom. The second kappa shape index (κ2) is 12.3. The Morgan fingerprint density at radius 3 is 2.46 bits per heavy atom. The van der Waals surface area contributed by atoms with Crippen LogP contribution in [0.2, 0.25) is 0 Å². The van der Waals surface area contributed by atoms with Crippen molar-refractivity contribution in [2.75, 3.05) is 26.2 Å². The lowest BCUT2D eigenvalue weighted by Gasteiger charge is -2.26. The summed E-state index contributed by atoms with van der Waals surface area (Å²) in [4.78, 5) is 19.7. The fourth-order valence-electron chi connectivity index (χ4n) is 5.13. The van der Waals surface area contributed by atoms with E-state index in [9.17, 15) is 18.0 Å². The number of nitrogens with one attached hydrogen (secondary N) is 1. The maximum absolute atomic E-state index is 13.4. The number of hydrogen-bond acceptors (Lipinski definition) is 5. The minimum absolute atomic E-state index is 0.131. The van der Waals surface area contributed by atoms with Crippen LogP contribution in [0.25, 0.3) is 27.9 Å². The Balaban J connectivity index is 1.28. The highest BCUT2D eigenvalue weighted by molar-refractivity contribution is 5.96. The zero-order valence-corrected chi connectivity index (χ0v) is 23.2. The molecule has 2 aromatic carbocycles. The van der Waals surface area contributed by atoms with Gasteiger partial charge in [-0.3, -0.25) is 9.69 Å². The minimum Gasteiger partial charge on any atom is -0.492 e. The molecular formula is C31H34F3N5O2. The molecule has 10 heteroatoms. The molecular weight excluding hydrogens is 531 g/mol. The highest BCUT2D eigenvalue weighted by Gasteiger charge is 2.42. The van der Waals surface area contributed by atoms with Crippen molar-refractivity contribution >= 4 is 11.6 Å². The van der Waals surface area contributed by atoms with Crippen molar-refractivity contribution in [3.63, 3.8) is 0 Å². The van der Waals surface area contributed by atoms with Crippen molar-refractivity contribution in [1.82, 2.24) is 24.8 Å². The Morgan fingerprint density at radius 1 is 1.00 bits per heavy atom. The van der Waals surface area contributed by atoms with Gasteiger partial charge in [-0.15, -0.1) is 0 Å². The Kier molecular flexibility index (Phi) is 8.58. The maximum atomic E-state index is 13.4. The number of nitrogens with zero attached hydrogens (tertiary/aromatic N) is 4. The first kappa shape index (κ1) is 28.6. The summed E-state index contributed by atoms with van der Waals surface area (Å²) in [6.45, 7) is 6.74. The van der Waals surface area contributed by atoms with Gasteiger partial charge < -0.3 is 10.1 Å². The van der Waals surface area contributed by atoms with E-state index in [1.54, 1.807) is 35.1 Å². The second-order valence-corrected chi connectivity index (χ2v) is 10.8. The number of rotatable bonds is 9. The summed E-state index contributed by atoms with van der Waals surface area (Å²) in [5.41, 5.74) is 3.83. The standard InChI is InChI=1S/C31H34F3N5O2/c1-21(2)28(31(32,33)34)37-30(40)24-8-6-7-23(17-24)27-19-36-39-20-25(18-35-29(27)39)22-9-11-26(12-10-22)41-16-15-38-13-4-3-5-14-38/h6-12,17-21,28H,3-5,13-16H2,1-2H3,(H,37,40)/t28-/m1/s1. The molecule has 1 aliphatic rings. The third-order valence-electron chi connectivity index (χ3n) is 7.41. The van der Waals surface area contributed by atoms with Gasteiger partial charge in [0.05, 0.1) is 6.20 Å². The summed E-state index contributed by atoms with van der Waals surface area (Å²) in [6.07, 6.45) is 4.56. The number of piperidine rings is 1. The number of aromatic nitrogens is 3. The van der Waals surface area contributed by atoms with Gasteiger partial charge in [0.25, 0.3) is 5.91 Å². The van der Waals surface area contributed by atoms with Crippen LogP contribution < -0.4 is 10.1 Å². The van der Waals surface area contributed by atoms with Gasteiger partial charge in [-0.25, -0.2) is 9.50 Å². The average molecular weight is 566 g/mol. The van der Waals surface area contributed by atoms with E-state index >= 15 is 0 Å². The molecule has 1 fully saturated rings. The van der Waals surface area contributed by atoms with Gasteiger partial charge in [-0.2, -0.15) is 18.3 Å². The fraction of sp³-hybridized carbons (Fsp3) is 0.387. The molecule has 0 radical (unpaired) electrons. The molecule has 4 aromatic rings. The Bertz CT molecular complexity index is 1480. The van der Waals surface area contributed by atoms with Gasteiger partial charge >= 0.3 is 6.18 Å². The van der Waals surface area contributed by atoms with Crippen molar-refractivity contribution in [1.29, 1.82) is 0 Å². The molecule has 1 atom stereocenters. The molecule has 0 spiro atoms. The Labute approximate surface area is 237 Å². The molecule has 1 saturated heterocycles. The van der Waals surface area contributed by atoms with Gasteiger partial charge in [0.15, 0.2) is 5.65 Å². The first-order chi connectivity index (χ1) is 19.7. The third kappa shape index (κ3) is 6.87. The van der Waals surface area contributed by atoms with Crippen LogP contribution >= 0.6 is 0 Å². The summed E-state index contributed by atoms with van der Waals surface area (Å²) in [6, 6.07) is 12.4. The van der Waals surface area contributed by atoms with Crippen LogP contribution in [0.1, 0.15) is 43.5 Å². The summed E-state index contributed by atoms with van der Waals surface area (Å²) >= 11 is 0. The van der Waals surface area contributed by atoms with E-state index < -0.39 is 24.0 Å². The number of carbonyl (C=O) groups is 1. The summed E-state index contributed by atoms with van der Waals surface area (Å²) in [5, 5.41) is 6.56. The molecule has 216 valence electrons. The van der Waals surface area contributed by atoms with Crippen LogP contribution in [0, 0.1) is 5.92 Å². The lowest BCUT2D eigenvalue weighted by Crippen LogP contribution is -2.48. The van der Waals surface area contributed by atoms with E-state index in [0.717, 1.165) is 36.5 Å². The first-order valence-corrected chi connectivity index (χ1v) is 14.0. The van der Waals surface area contributed by atoms with E-state index in [-0.39, 0.29) is 5.56 Å². The van der Waals surface area contributed by atoms with E-state index in [1.165, 1.54) is 39.2 Å². The summed E-state index contributed by atoms with van der Waals surface area (Å²) in [7, 11) is 0. The first-order valence-electron chi connectivity index (χ1n) is 14.0. The SMILES string of the molecule is CC(C)[C@@H](NC(=O)c1cccc(-c2cnn3cc(-c4ccc(OCCN5CCCCC5)cc4)cnc23)c1)C(F)(F)F. The van der Waals surface area contributed by atoms with Crippen LogP contribution in [0.5, 0.6) is 5.75 Å². The summed E-state index contributed by atoms with van der Waals surface area (Å²) < 4.78 is 47.7. The topological polar surface area (TPSA) is 71.8 Å². The van der Waals surface area contributed by atoms with Crippen LogP contribution in [0.3, 0.4) is 0 Å². The molecule has 41 heavy (non-hydrogen) atoms. The second-order valence-electron chi connectivity index (χ2n) is 10.8. The van der Waals surface area contributed by atoms with E-state index in [1.807, 2.05) is 30.5 Å². The number of fused-ring (bicyclic) bond motifs is 1. The molecule has 2 aromatic heterocycles. The average Bonchev–Trinajstić information content (AvgIpc) is 3.39. The molecule has 1 amide bonds. The quantitative estimate of drug-likeness (QED) is 0.260. The number of alkyl halides is 3. The highest BCUT2D eigenvalue weighted by atomic mass is 19.4. The predicted molar refractivity (Wildman–Crippen MR) is 152 cm³/mol. The van der Waals surface area contributed by atoms with Crippen molar-refractivity contribution in [2.45, 2.75) is 45.3 Å². The zero-order valence-electron chi connectivity index (χ0n) is 23.2. The van der Waals surface area contributed by atoms with Crippen LogP contribution in [-0.2, 0) is 0 Å². The molecule has 1 N–H and O–H groups in total. The lowest BCUT2D eigenvalue weighted by atomic mass is 10.0. The number of amides is 1. The van der Waals surface area contributed by atoms with Crippen LogP contribution in [0.15, 0.2) is 67.1 Å². The molecule has 3 heterocycles. The number of benzene rings is 2. The number of likely N-dealkylation sites (tertiary alicyclic amines) is 1. The van der Waals surface area contributed by atoms with Crippen molar-refractivity contribution in [3.8, 4) is 28.0 Å². The fourth-order valence-corrected chi connectivity index (χ4v) is 5.13. The molecule has 7 nitrogen and oxygen atoms in total. The summed E-state index contributed by atoms with van der Waals surface area (Å²) in [5.74, 6) is -0.762. The number of carbonyl (C=O) groups excluding carboxylic acids is 1. The number of halogens is 3. The molecule has 0 unspecified atom stereocenters. The van der Waals surface area contributed by atoms with Crippen molar-refractivity contribution in [2.24, 2.45) is 5.92 Å². The molecule has 5 rings (SSSR count). The maximum Gasteiger partial charge on any atom is 0.408 e. The molecule has 1 aliphatic heterocycles. The number of ether oxygens (including phenoxy) is 1. The third-order valence-corrected chi connectivity index (χ3v) is 7.41. The van der Waals surface area contributed by atoms with Gasteiger partial charge in [0, 0.05) is 35.6 Å². The molecule has 0 saturated carbocycles. The van der Waals surface area contributed by atoms with Crippen LogP contribution in [-0.4, -0.2) is 63.9 Å². The number of hydrogen-bond donors (Lipinski definition) is 1. The predicted octanol–water partition coefficient (Wildman–Crippen LogP) is 6.24. The molecule has 0 aliphatic carbocycles. The van der Waals surface area contributed by atoms with E-state index in [0.29, 0.717) is 23.4 Å². The monoisotopic (exact) mass is 565 g/mol. The zero-order chi connectivity index (χ0) is 29.0. The smallest absolute Gasteiger partial charge is 0.408 e. The molecule has 0 bridgehead atoms. The lowest BCUT2D eigenvalue weighted by molar-refractivity contribution is -0.162. The van der Waals surface area contributed by atoms with Crippen LogP contribution in [0.4, 0.5) is 13.2 Å². The van der Waals surface area contributed by atoms with Crippen molar-refractivity contribution < 1.29 is 22.7 Å². The minimum atomic E-state index is -4.54. The van der Waals surface area contributed by atoms with E-state index in [2.05, 4.69) is 20.3 Å². The van der Waals surface area contributed by atoms with Gasteiger partial charge in [0.1, 0.15) is 18.4 Å². The Hall–Kier alpha value is -3.92.